The first-order chi connectivity index (χ1) is 10.1. The number of carboxylic acids is 1. The van der Waals surface area contributed by atoms with Gasteiger partial charge >= 0.3 is 5.97 Å². The predicted octanol–water partition coefficient (Wildman–Crippen LogP) is 1.67. The number of aromatic nitrogens is 2. The molecule has 0 aromatic carbocycles. The summed E-state index contributed by atoms with van der Waals surface area (Å²) in [6, 6.07) is 4.42. The van der Waals surface area contributed by atoms with Gasteiger partial charge in [0.2, 0.25) is 0 Å². The van der Waals surface area contributed by atoms with E-state index >= 15 is 0 Å². The van der Waals surface area contributed by atoms with Gasteiger partial charge in [-0.2, -0.15) is 5.10 Å². The summed E-state index contributed by atoms with van der Waals surface area (Å²) in [4.78, 5) is 24.9. The molecule has 1 amide bonds. The van der Waals surface area contributed by atoms with Crippen LogP contribution in [-0.4, -0.2) is 44.7 Å². The van der Waals surface area contributed by atoms with Crippen molar-refractivity contribution in [2.45, 2.75) is 25.8 Å². The molecule has 2 aromatic rings. The maximum absolute atomic E-state index is 12.4. The van der Waals surface area contributed by atoms with Gasteiger partial charge in [0.15, 0.2) is 11.5 Å². The standard InChI is InChI=1S/C14H15N3O4/c1-8-4-5-12(21-8)9-7-10(16-15-9)13(18)17-6-2-3-11(17)14(19)20/h4-5,7,11H,2-3,6H2,1H3,(H,15,16)(H,19,20)/t11-/m1/s1. The van der Waals surface area contributed by atoms with E-state index < -0.39 is 12.0 Å². The monoisotopic (exact) mass is 289 g/mol. The van der Waals surface area contributed by atoms with Crippen molar-refractivity contribution in [1.82, 2.24) is 15.1 Å². The van der Waals surface area contributed by atoms with Crippen LogP contribution in [0.15, 0.2) is 22.6 Å². The van der Waals surface area contributed by atoms with Crippen LogP contribution in [0.5, 0.6) is 0 Å². The van der Waals surface area contributed by atoms with Gasteiger partial charge in [0.1, 0.15) is 17.5 Å². The van der Waals surface area contributed by atoms with Crippen molar-refractivity contribution in [3.8, 4) is 11.5 Å². The number of aliphatic carboxylic acids is 1. The van der Waals surface area contributed by atoms with Crippen LogP contribution in [0.2, 0.25) is 0 Å². The molecule has 1 fully saturated rings. The van der Waals surface area contributed by atoms with E-state index in [0.717, 1.165) is 5.76 Å². The maximum atomic E-state index is 12.4. The second-order valence-corrected chi connectivity index (χ2v) is 5.07. The first-order valence-corrected chi connectivity index (χ1v) is 6.72. The summed E-state index contributed by atoms with van der Waals surface area (Å²) in [6.45, 7) is 2.27. The van der Waals surface area contributed by atoms with Crippen LogP contribution in [0.25, 0.3) is 11.5 Å². The lowest BCUT2D eigenvalue weighted by atomic mass is 10.2. The Kier molecular flexibility index (Phi) is 3.25. The van der Waals surface area contributed by atoms with Gasteiger partial charge in [-0.1, -0.05) is 0 Å². The molecule has 2 aromatic heterocycles. The summed E-state index contributed by atoms with van der Waals surface area (Å²) in [5.41, 5.74) is 0.796. The Morgan fingerprint density at radius 2 is 2.29 bits per heavy atom. The molecule has 0 aliphatic carbocycles. The lowest BCUT2D eigenvalue weighted by molar-refractivity contribution is -0.141. The van der Waals surface area contributed by atoms with Crippen LogP contribution in [0.3, 0.4) is 0 Å². The Morgan fingerprint density at radius 3 is 2.95 bits per heavy atom. The van der Waals surface area contributed by atoms with Crippen molar-refractivity contribution in [2.24, 2.45) is 0 Å². The Labute approximate surface area is 120 Å². The third-order valence-corrected chi connectivity index (χ3v) is 3.60. The average molecular weight is 289 g/mol. The van der Waals surface area contributed by atoms with Crippen molar-refractivity contribution in [2.75, 3.05) is 6.54 Å². The number of nitrogens with zero attached hydrogens (tertiary/aromatic N) is 2. The molecular formula is C14H15N3O4. The molecule has 3 heterocycles. The fourth-order valence-corrected chi connectivity index (χ4v) is 2.55. The number of rotatable bonds is 3. The number of nitrogens with one attached hydrogen (secondary N) is 1. The van der Waals surface area contributed by atoms with Crippen molar-refractivity contribution < 1.29 is 19.1 Å². The number of aromatic amines is 1. The summed E-state index contributed by atoms with van der Waals surface area (Å²) in [5.74, 6) is 0.0113. The number of H-pyrrole nitrogens is 1. The largest absolute Gasteiger partial charge is 0.480 e. The van der Waals surface area contributed by atoms with E-state index in [1.807, 2.05) is 13.0 Å². The van der Waals surface area contributed by atoms with Gasteiger partial charge in [-0.25, -0.2) is 4.79 Å². The summed E-state index contributed by atoms with van der Waals surface area (Å²) in [7, 11) is 0. The lowest BCUT2D eigenvalue weighted by Crippen LogP contribution is -2.40. The number of carbonyl (C=O) groups is 2. The summed E-state index contributed by atoms with van der Waals surface area (Å²) >= 11 is 0. The van der Waals surface area contributed by atoms with Gasteiger partial charge in [-0.15, -0.1) is 0 Å². The first kappa shape index (κ1) is 13.4. The number of furan rings is 1. The van der Waals surface area contributed by atoms with Crippen LogP contribution >= 0.6 is 0 Å². The van der Waals surface area contributed by atoms with E-state index in [9.17, 15) is 9.59 Å². The molecule has 110 valence electrons. The highest BCUT2D eigenvalue weighted by atomic mass is 16.4. The lowest BCUT2D eigenvalue weighted by Gasteiger charge is -2.19. The van der Waals surface area contributed by atoms with Gasteiger partial charge in [0, 0.05) is 12.6 Å². The van der Waals surface area contributed by atoms with Crippen molar-refractivity contribution in [3.63, 3.8) is 0 Å². The van der Waals surface area contributed by atoms with Crippen molar-refractivity contribution >= 4 is 11.9 Å². The van der Waals surface area contributed by atoms with Crippen molar-refractivity contribution in [3.05, 3.63) is 29.7 Å². The van der Waals surface area contributed by atoms with Crippen LogP contribution in [0.1, 0.15) is 29.1 Å². The molecule has 2 N–H and O–H groups in total. The number of likely N-dealkylation sites (tertiary alicyclic amines) is 1. The van der Waals surface area contributed by atoms with E-state index in [4.69, 9.17) is 9.52 Å². The second-order valence-electron chi connectivity index (χ2n) is 5.07. The highest BCUT2D eigenvalue weighted by molar-refractivity contribution is 5.96. The van der Waals surface area contributed by atoms with Crippen LogP contribution in [-0.2, 0) is 4.79 Å². The number of aryl methyl sites for hydroxylation is 1. The van der Waals surface area contributed by atoms with E-state index in [-0.39, 0.29) is 11.6 Å². The van der Waals surface area contributed by atoms with Gasteiger partial charge in [0.05, 0.1) is 0 Å². The minimum atomic E-state index is -0.974. The average Bonchev–Trinajstić information content (AvgIpc) is 3.17. The van der Waals surface area contributed by atoms with E-state index in [1.165, 1.54) is 4.90 Å². The molecule has 1 aliphatic heterocycles. The van der Waals surface area contributed by atoms with E-state index in [1.54, 1.807) is 12.1 Å². The fourth-order valence-electron chi connectivity index (χ4n) is 2.55. The predicted molar refractivity (Wildman–Crippen MR) is 72.7 cm³/mol. The molecule has 3 rings (SSSR count). The second kappa shape index (κ2) is 5.08. The fraction of sp³-hybridized carbons (Fsp3) is 0.357. The van der Waals surface area contributed by atoms with Gasteiger partial charge < -0.3 is 14.4 Å². The molecule has 1 aliphatic rings. The molecule has 0 radical (unpaired) electrons. The third-order valence-electron chi connectivity index (χ3n) is 3.60. The van der Waals surface area contributed by atoms with E-state index in [0.29, 0.717) is 30.8 Å². The van der Waals surface area contributed by atoms with Crippen LogP contribution in [0.4, 0.5) is 0 Å². The van der Waals surface area contributed by atoms with Gasteiger partial charge in [-0.05, 0) is 31.9 Å². The zero-order valence-corrected chi connectivity index (χ0v) is 11.5. The minimum Gasteiger partial charge on any atom is -0.480 e. The van der Waals surface area contributed by atoms with Crippen LogP contribution in [0, 0.1) is 6.92 Å². The number of hydrogen-bond donors (Lipinski definition) is 2. The molecule has 7 heteroatoms. The molecule has 0 bridgehead atoms. The van der Waals surface area contributed by atoms with Gasteiger partial charge in [0.25, 0.3) is 5.91 Å². The van der Waals surface area contributed by atoms with Crippen LogP contribution < -0.4 is 0 Å². The topological polar surface area (TPSA) is 99.4 Å². The molecule has 0 unspecified atom stereocenters. The highest BCUT2D eigenvalue weighted by Gasteiger charge is 2.35. The zero-order valence-electron chi connectivity index (χ0n) is 11.5. The Hall–Kier alpha value is -2.57. The number of carboxylic acid groups (broad SMARTS) is 1. The smallest absolute Gasteiger partial charge is 0.326 e. The van der Waals surface area contributed by atoms with Gasteiger partial charge in [-0.3, -0.25) is 9.89 Å². The molecule has 1 saturated heterocycles. The summed E-state index contributed by atoms with van der Waals surface area (Å²) < 4.78 is 5.46. The minimum absolute atomic E-state index is 0.201. The van der Waals surface area contributed by atoms with Crippen molar-refractivity contribution in [1.29, 1.82) is 0 Å². The quantitative estimate of drug-likeness (QED) is 0.895. The summed E-state index contributed by atoms with van der Waals surface area (Å²) in [5, 5.41) is 15.8. The highest BCUT2D eigenvalue weighted by Crippen LogP contribution is 2.23. The maximum Gasteiger partial charge on any atom is 0.326 e. The molecule has 1 atom stereocenters. The van der Waals surface area contributed by atoms with E-state index in [2.05, 4.69) is 10.2 Å². The first-order valence-electron chi connectivity index (χ1n) is 6.72. The SMILES string of the molecule is Cc1ccc(-c2cc(C(=O)N3CCC[C@@H]3C(=O)O)n[nH]2)o1. The number of carbonyl (C=O) groups excluding carboxylic acids is 1. The number of hydrogen-bond acceptors (Lipinski definition) is 4. The molecule has 7 nitrogen and oxygen atoms in total. The Bertz CT molecular complexity index is 688. The Balaban J connectivity index is 1.83. The molecule has 0 saturated carbocycles. The summed E-state index contributed by atoms with van der Waals surface area (Å²) in [6.07, 6.45) is 1.17. The zero-order chi connectivity index (χ0) is 15.0. The molecule has 0 spiro atoms. The molecule has 21 heavy (non-hydrogen) atoms. The third kappa shape index (κ3) is 2.42. The normalized spacial score (nSPS) is 18.1. The Morgan fingerprint density at radius 1 is 1.48 bits per heavy atom. The number of amides is 1. The molecular weight excluding hydrogens is 274 g/mol.